The van der Waals surface area contributed by atoms with Crippen LogP contribution in [0.2, 0.25) is 0 Å². The maximum atomic E-state index is 12.7. The van der Waals surface area contributed by atoms with Gasteiger partial charge in [-0.2, -0.15) is 0 Å². The molecule has 2 saturated heterocycles. The molecule has 1 N–H and O–H groups in total. The van der Waals surface area contributed by atoms with Gasteiger partial charge < -0.3 is 19.9 Å². The molecule has 0 aromatic heterocycles. The van der Waals surface area contributed by atoms with E-state index in [1.54, 1.807) is 0 Å². The number of benzene rings is 1. The Hall–Kier alpha value is -1.27. The van der Waals surface area contributed by atoms with E-state index in [1.165, 1.54) is 55.0 Å². The van der Waals surface area contributed by atoms with Crippen LogP contribution in [0.1, 0.15) is 63.9 Å². The van der Waals surface area contributed by atoms with Crippen molar-refractivity contribution in [1.82, 2.24) is 15.1 Å². The minimum absolute atomic E-state index is 0.178. The number of rotatable bonds is 7. The SMILES string of the molecule is CCOc1ccc(Br)c(CC2CCN(CC3CCN(C4CCCCC4)C(=O)N3)CC2)c1. The third kappa shape index (κ3) is 6.16. The van der Waals surface area contributed by atoms with E-state index in [4.69, 9.17) is 4.74 Å². The Morgan fingerprint density at radius 2 is 1.84 bits per heavy atom. The fourth-order valence-corrected chi connectivity index (χ4v) is 5.97. The summed E-state index contributed by atoms with van der Waals surface area (Å²) in [5.41, 5.74) is 1.35. The van der Waals surface area contributed by atoms with Gasteiger partial charge in [0.1, 0.15) is 5.75 Å². The number of halogens is 1. The van der Waals surface area contributed by atoms with Crippen LogP contribution in [-0.2, 0) is 6.42 Å². The summed E-state index contributed by atoms with van der Waals surface area (Å²) in [6, 6.07) is 7.30. The topological polar surface area (TPSA) is 44.8 Å². The Balaban J connectivity index is 1.21. The molecule has 2 heterocycles. The number of urea groups is 1. The molecule has 1 aromatic carbocycles. The number of amides is 2. The molecule has 2 amide bonds. The van der Waals surface area contributed by atoms with Crippen LogP contribution in [-0.4, -0.2) is 60.7 Å². The van der Waals surface area contributed by atoms with Crippen LogP contribution >= 0.6 is 15.9 Å². The highest BCUT2D eigenvalue weighted by atomic mass is 79.9. The summed E-state index contributed by atoms with van der Waals surface area (Å²) in [4.78, 5) is 17.4. The van der Waals surface area contributed by atoms with Crippen LogP contribution in [0.4, 0.5) is 4.79 Å². The van der Waals surface area contributed by atoms with E-state index < -0.39 is 0 Å². The molecule has 3 fully saturated rings. The Labute approximate surface area is 196 Å². The smallest absolute Gasteiger partial charge is 0.317 e. The summed E-state index contributed by atoms with van der Waals surface area (Å²) in [7, 11) is 0. The van der Waals surface area contributed by atoms with Crippen molar-refractivity contribution < 1.29 is 9.53 Å². The molecule has 1 unspecified atom stereocenters. The van der Waals surface area contributed by atoms with Gasteiger partial charge in [-0.1, -0.05) is 35.2 Å². The van der Waals surface area contributed by atoms with Crippen LogP contribution in [0.5, 0.6) is 5.75 Å². The van der Waals surface area contributed by atoms with Gasteiger partial charge in [0.05, 0.1) is 6.61 Å². The Morgan fingerprint density at radius 1 is 1.06 bits per heavy atom. The van der Waals surface area contributed by atoms with E-state index in [-0.39, 0.29) is 6.03 Å². The highest BCUT2D eigenvalue weighted by Gasteiger charge is 2.32. The first-order valence-corrected chi connectivity index (χ1v) is 13.1. The van der Waals surface area contributed by atoms with E-state index in [0.717, 1.165) is 44.8 Å². The number of carbonyl (C=O) groups is 1. The van der Waals surface area contributed by atoms with Crippen molar-refractivity contribution in [3.05, 3.63) is 28.2 Å². The van der Waals surface area contributed by atoms with Crippen LogP contribution in [0.15, 0.2) is 22.7 Å². The zero-order valence-corrected chi connectivity index (χ0v) is 20.5. The molecule has 31 heavy (non-hydrogen) atoms. The number of likely N-dealkylation sites (tertiary alicyclic amines) is 1. The first-order chi connectivity index (χ1) is 15.1. The molecule has 2 aliphatic heterocycles. The lowest BCUT2D eigenvalue weighted by Crippen LogP contribution is -2.58. The van der Waals surface area contributed by atoms with Crippen molar-refractivity contribution in [3.8, 4) is 5.75 Å². The maximum Gasteiger partial charge on any atom is 0.317 e. The van der Waals surface area contributed by atoms with Crippen LogP contribution < -0.4 is 10.1 Å². The number of piperidine rings is 1. The minimum atomic E-state index is 0.178. The van der Waals surface area contributed by atoms with Gasteiger partial charge in [0.2, 0.25) is 0 Å². The third-order valence-electron chi connectivity index (χ3n) is 7.34. The van der Waals surface area contributed by atoms with Crippen LogP contribution in [0, 0.1) is 5.92 Å². The number of nitrogens with one attached hydrogen (secondary N) is 1. The summed E-state index contributed by atoms with van der Waals surface area (Å²) in [6.45, 7) is 6.93. The molecule has 1 aliphatic carbocycles. The van der Waals surface area contributed by atoms with Gasteiger partial charge in [0, 0.05) is 29.6 Å². The second-order valence-electron chi connectivity index (χ2n) is 9.55. The lowest BCUT2D eigenvalue weighted by molar-refractivity contribution is 0.113. The Bertz CT molecular complexity index is 729. The number of hydrogen-bond acceptors (Lipinski definition) is 3. The van der Waals surface area contributed by atoms with Crippen molar-refractivity contribution in [1.29, 1.82) is 0 Å². The molecule has 6 heteroatoms. The zero-order chi connectivity index (χ0) is 21.6. The predicted molar refractivity (Wildman–Crippen MR) is 129 cm³/mol. The molecular weight excluding hydrogens is 454 g/mol. The average Bonchev–Trinajstić information content (AvgIpc) is 2.78. The molecule has 1 aromatic rings. The largest absolute Gasteiger partial charge is 0.494 e. The van der Waals surface area contributed by atoms with Crippen LogP contribution in [0.25, 0.3) is 0 Å². The van der Waals surface area contributed by atoms with Gasteiger partial charge in [-0.15, -0.1) is 0 Å². The lowest BCUT2D eigenvalue weighted by atomic mass is 9.89. The van der Waals surface area contributed by atoms with Crippen molar-refractivity contribution in [2.75, 3.05) is 32.8 Å². The highest BCUT2D eigenvalue weighted by Crippen LogP contribution is 2.29. The molecule has 5 nitrogen and oxygen atoms in total. The molecular formula is C25H38BrN3O2. The first-order valence-electron chi connectivity index (χ1n) is 12.3. The van der Waals surface area contributed by atoms with Crippen molar-refractivity contribution in [2.24, 2.45) is 5.92 Å². The Kier molecular flexibility index (Phi) is 8.16. The van der Waals surface area contributed by atoms with E-state index in [0.29, 0.717) is 24.6 Å². The summed E-state index contributed by atoms with van der Waals surface area (Å²) in [5, 5.41) is 3.31. The lowest BCUT2D eigenvalue weighted by Gasteiger charge is -2.41. The van der Waals surface area contributed by atoms with Crippen LogP contribution in [0.3, 0.4) is 0 Å². The quantitative estimate of drug-likeness (QED) is 0.568. The van der Waals surface area contributed by atoms with Crippen molar-refractivity contribution in [3.63, 3.8) is 0 Å². The minimum Gasteiger partial charge on any atom is -0.494 e. The fourth-order valence-electron chi connectivity index (χ4n) is 5.56. The van der Waals surface area contributed by atoms with Gasteiger partial charge in [0.15, 0.2) is 0 Å². The number of hydrogen-bond donors (Lipinski definition) is 1. The molecule has 4 rings (SSSR count). The second-order valence-corrected chi connectivity index (χ2v) is 10.4. The number of nitrogens with zero attached hydrogens (tertiary/aromatic N) is 2. The van der Waals surface area contributed by atoms with E-state index >= 15 is 0 Å². The zero-order valence-electron chi connectivity index (χ0n) is 19.0. The first kappa shape index (κ1) is 22.9. The molecule has 172 valence electrons. The van der Waals surface area contributed by atoms with Gasteiger partial charge >= 0.3 is 6.03 Å². The van der Waals surface area contributed by atoms with Gasteiger partial charge in [-0.3, -0.25) is 0 Å². The highest BCUT2D eigenvalue weighted by molar-refractivity contribution is 9.10. The maximum absolute atomic E-state index is 12.7. The second kappa shape index (κ2) is 11.0. The molecule has 1 saturated carbocycles. The fraction of sp³-hybridized carbons (Fsp3) is 0.720. The van der Waals surface area contributed by atoms with E-state index in [1.807, 2.05) is 13.0 Å². The molecule has 3 aliphatic rings. The van der Waals surface area contributed by atoms with E-state index in [2.05, 4.69) is 43.2 Å². The normalized spacial score (nSPS) is 24.3. The Morgan fingerprint density at radius 3 is 2.55 bits per heavy atom. The van der Waals surface area contributed by atoms with Crippen molar-refractivity contribution >= 4 is 22.0 Å². The number of carbonyl (C=O) groups excluding carboxylic acids is 1. The number of ether oxygens (including phenoxy) is 1. The summed E-state index contributed by atoms with van der Waals surface area (Å²) in [5.74, 6) is 1.68. The summed E-state index contributed by atoms with van der Waals surface area (Å²) >= 11 is 3.71. The standard InChI is InChI=1S/C25H38BrN3O2/c1-2-31-23-8-9-24(26)20(17-23)16-19-10-13-28(14-11-19)18-21-12-15-29(25(30)27-21)22-6-4-3-5-7-22/h8-9,17,19,21-22H,2-7,10-16,18H2,1H3,(H,27,30). The molecule has 1 atom stereocenters. The molecule has 0 bridgehead atoms. The average molecular weight is 493 g/mol. The monoisotopic (exact) mass is 491 g/mol. The molecule has 0 radical (unpaired) electrons. The van der Waals surface area contributed by atoms with Gasteiger partial charge in [-0.05, 0) is 88.2 Å². The van der Waals surface area contributed by atoms with E-state index in [9.17, 15) is 4.79 Å². The van der Waals surface area contributed by atoms with Crippen molar-refractivity contribution in [2.45, 2.75) is 76.8 Å². The predicted octanol–water partition coefficient (Wildman–Crippen LogP) is 5.22. The molecule has 0 spiro atoms. The van der Waals surface area contributed by atoms with Gasteiger partial charge in [0.25, 0.3) is 0 Å². The summed E-state index contributed by atoms with van der Waals surface area (Å²) < 4.78 is 6.87. The third-order valence-corrected chi connectivity index (χ3v) is 8.12. The van der Waals surface area contributed by atoms with Gasteiger partial charge in [-0.25, -0.2) is 4.79 Å². The summed E-state index contributed by atoms with van der Waals surface area (Å²) in [6.07, 6.45) is 10.9.